The molecule has 9 heteroatoms. The Hall–Kier alpha value is -2.51. The Bertz CT molecular complexity index is 834. The fourth-order valence-electron chi connectivity index (χ4n) is 2.87. The van der Waals surface area contributed by atoms with Gasteiger partial charge < -0.3 is 14.5 Å². The normalized spacial score (nSPS) is 14.1. The predicted octanol–water partition coefficient (Wildman–Crippen LogP) is 3.63. The largest absolute Gasteiger partial charge is 0.484 e. The highest BCUT2D eigenvalue weighted by Gasteiger charge is 2.22. The lowest BCUT2D eigenvalue weighted by molar-refractivity contribution is -0.384. The van der Waals surface area contributed by atoms with Crippen LogP contribution in [0.25, 0.3) is 0 Å². The summed E-state index contributed by atoms with van der Waals surface area (Å²) in [6.07, 6.45) is 0. The molecule has 27 heavy (non-hydrogen) atoms. The van der Waals surface area contributed by atoms with E-state index in [4.69, 9.17) is 27.9 Å². The summed E-state index contributed by atoms with van der Waals surface area (Å²) in [4.78, 5) is 26.6. The number of hydrogen-bond acceptors (Lipinski definition) is 5. The van der Waals surface area contributed by atoms with E-state index in [9.17, 15) is 14.9 Å². The first-order valence-corrected chi connectivity index (χ1v) is 9.04. The number of piperazine rings is 1. The van der Waals surface area contributed by atoms with Gasteiger partial charge in [0.1, 0.15) is 5.75 Å². The van der Waals surface area contributed by atoms with Gasteiger partial charge >= 0.3 is 0 Å². The quantitative estimate of drug-likeness (QED) is 0.556. The van der Waals surface area contributed by atoms with E-state index in [1.807, 2.05) is 11.0 Å². The third kappa shape index (κ3) is 5.02. The number of rotatable bonds is 5. The lowest BCUT2D eigenvalue weighted by Crippen LogP contribution is -2.50. The molecule has 1 amide bonds. The van der Waals surface area contributed by atoms with Gasteiger partial charge in [-0.15, -0.1) is 0 Å². The lowest BCUT2D eigenvalue weighted by atomic mass is 10.2. The Morgan fingerprint density at radius 1 is 1.07 bits per heavy atom. The molecule has 0 atom stereocenters. The second-order valence-corrected chi connectivity index (χ2v) is 6.91. The molecule has 0 saturated carbocycles. The highest BCUT2D eigenvalue weighted by molar-refractivity contribution is 6.34. The van der Waals surface area contributed by atoms with E-state index in [-0.39, 0.29) is 18.2 Å². The number of nitro benzene ring substituents is 1. The first kappa shape index (κ1) is 19.3. The smallest absolute Gasteiger partial charge is 0.271 e. The van der Waals surface area contributed by atoms with Crippen LogP contribution in [0.4, 0.5) is 11.4 Å². The predicted molar refractivity (Wildman–Crippen MR) is 104 cm³/mol. The van der Waals surface area contributed by atoms with E-state index in [1.165, 1.54) is 6.07 Å². The van der Waals surface area contributed by atoms with Gasteiger partial charge in [-0.25, -0.2) is 0 Å². The summed E-state index contributed by atoms with van der Waals surface area (Å²) in [5.41, 5.74) is 0.834. The molecule has 2 aromatic rings. The Balaban J connectivity index is 1.53. The monoisotopic (exact) mass is 409 g/mol. The highest BCUT2D eigenvalue weighted by atomic mass is 35.5. The number of benzene rings is 2. The average molecular weight is 410 g/mol. The first-order valence-electron chi connectivity index (χ1n) is 8.28. The summed E-state index contributed by atoms with van der Waals surface area (Å²) in [6, 6.07) is 11.3. The summed E-state index contributed by atoms with van der Waals surface area (Å²) in [7, 11) is 0. The molecule has 7 nitrogen and oxygen atoms in total. The summed E-state index contributed by atoms with van der Waals surface area (Å²) in [5.74, 6) is 0.306. The number of hydrogen-bond donors (Lipinski definition) is 0. The Morgan fingerprint density at radius 2 is 1.74 bits per heavy atom. The topological polar surface area (TPSA) is 75.9 Å². The fourth-order valence-corrected chi connectivity index (χ4v) is 3.37. The zero-order valence-corrected chi connectivity index (χ0v) is 15.8. The van der Waals surface area contributed by atoms with Crippen LogP contribution in [0.15, 0.2) is 42.5 Å². The zero-order valence-electron chi connectivity index (χ0n) is 14.3. The number of halogens is 2. The molecule has 0 bridgehead atoms. The average Bonchev–Trinajstić information content (AvgIpc) is 2.65. The third-order valence-electron chi connectivity index (χ3n) is 4.24. The molecule has 0 unspecified atom stereocenters. The van der Waals surface area contributed by atoms with Crippen molar-refractivity contribution < 1.29 is 14.5 Å². The first-order chi connectivity index (χ1) is 12.9. The second-order valence-electron chi connectivity index (χ2n) is 6.04. The summed E-state index contributed by atoms with van der Waals surface area (Å²) in [6.45, 7) is 2.11. The molecule has 1 aliphatic rings. The number of nitro groups is 1. The van der Waals surface area contributed by atoms with E-state index < -0.39 is 4.92 Å². The van der Waals surface area contributed by atoms with Crippen LogP contribution in [0.3, 0.4) is 0 Å². The van der Waals surface area contributed by atoms with Crippen molar-refractivity contribution in [2.75, 3.05) is 37.7 Å². The van der Waals surface area contributed by atoms with Crippen LogP contribution in [-0.2, 0) is 4.79 Å². The molecule has 1 fully saturated rings. The van der Waals surface area contributed by atoms with Gasteiger partial charge in [0.2, 0.25) is 0 Å². The highest BCUT2D eigenvalue weighted by Crippen LogP contribution is 2.25. The van der Waals surface area contributed by atoms with Gasteiger partial charge in [0.05, 0.1) is 4.92 Å². The maximum Gasteiger partial charge on any atom is 0.271 e. The van der Waals surface area contributed by atoms with E-state index in [0.717, 1.165) is 5.69 Å². The number of amides is 1. The van der Waals surface area contributed by atoms with Crippen molar-refractivity contribution in [1.29, 1.82) is 0 Å². The van der Waals surface area contributed by atoms with Gasteiger partial charge in [-0.1, -0.05) is 29.3 Å². The molecule has 0 spiro atoms. The van der Waals surface area contributed by atoms with Crippen LogP contribution < -0.4 is 9.64 Å². The number of anilines is 1. The maximum atomic E-state index is 12.4. The van der Waals surface area contributed by atoms with Gasteiger partial charge in [-0.3, -0.25) is 14.9 Å². The van der Waals surface area contributed by atoms with E-state index in [0.29, 0.717) is 42.0 Å². The van der Waals surface area contributed by atoms with E-state index in [2.05, 4.69) is 0 Å². The SMILES string of the molecule is O=C(COc1cc(Cl)cc(Cl)c1)N1CCN(c2cccc([N+](=O)[O-])c2)CC1. The van der Waals surface area contributed by atoms with Crippen molar-refractivity contribution in [3.05, 3.63) is 62.6 Å². The van der Waals surface area contributed by atoms with Gasteiger partial charge in [0.25, 0.3) is 11.6 Å². The van der Waals surface area contributed by atoms with Crippen LogP contribution in [0, 0.1) is 10.1 Å². The molecule has 0 aliphatic carbocycles. The number of carbonyl (C=O) groups is 1. The summed E-state index contributed by atoms with van der Waals surface area (Å²) < 4.78 is 5.49. The summed E-state index contributed by atoms with van der Waals surface area (Å²) in [5, 5.41) is 11.8. The molecular formula is C18H17Cl2N3O4. The van der Waals surface area contributed by atoms with Crippen LogP contribution in [0.5, 0.6) is 5.75 Å². The molecule has 1 saturated heterocycles. The Kier molecular flexibility index (Phi) is 6.03. The number of non-ortho nitro benzene ring substituents is 1. The van der Waals surface area contributed by atoms with Gasteiger partial charge in [-0.2, -0.15) is 0 Å². The van der Waals surface area contributed by atoms with E-state index >= 15 is 0 Å². The van der Waals surface area contributed by atoms with Crippen LogP contribution in [0.2, 0.25) is 10.0 Å². The molecule has 1 heterocycles. The second kappa shape index (κ2) is 8.45. The minimum Gasteiger partial charge on any atom is -0.484 e. The Labute approximate surface area is 166 Å². The van der Waals surface area contributed by atoms with Gasteiger partial charge in [0.15, 0.2) is 6.61 Å². The maximum absolute atomic E-state index is 12.4. The van der Waals surface area contributed by atoms with Crippen molar-refractivity contribution in [3.63, 3.8) is 0 Å². The van der Waals surface area contributed by atoms with Crippen molar-refractivity contribution in [1.82, 2.24) is 4.90 Å². The van der Waals surface area contributed by atoms with Crippen molar-refractivity contribution in [3.8, 4) is 5.75 Å². The van der Waals surface area contributed by atoms with Gasteiger partial charge in [-0.05, 0) is 24.3 Å². The third-order valence-corrected chi connectivity index (χ3v) is 4.67. The minimum absolute atomic E-state index is 0.0552. The lowest BCUT2D eigenvalue weighted by Gasteiger charge is -2.36. The van der Waals surface area contributed by atoms with Crippen molar-refractivity contribution in [2.45, 2.75) is 0 Å². The fraction of sp³-hybridized carbons (Fsp3) is 0.278. The van der Waals surface area contributed by atoms with Crippen LogP contribution in [0.1, 0.15) is 0 Å². The molecule has 2 aromatic carbocycles. The Morgan fingerprint density at radius 3 is 2.37 bits per heavy atom. The number of ether oxygens (including phenoxy) is 1. The minimum atomic E-state index is -0.414. The zero-order chi connectivity index (χ0) is 19.4. The number of nitrogens with zero attached hydrogens (tertiary/aromatic N) is 3. The van der Waals surface area contributed by atoms with Crippen LogP contribution >= 0.6 is 23.2 Å². The molecule has 1 aliphatic heterocycles. The molecule has 0 aromatic heterocycles. The number of carbonyl (C=O) groups excluding carboxylic acids is 1. The van der Waals surface area contributed by atoms with E-state index in [1.54, 1.807) is 35.2 Å². The molecule has 0 radical (unpaired) electrons. The molecule has 0 N–H and O–H groups in total. The van der Waals surface area contributed by atoms with Crippen molar-refractivity contribution in [2.24, 2.45) is 0 Å². The molecule has 142 valence electrons. The molecule has 3 rings (SSSR count). The van der Waals surface area contributed by atoms with Crippen LogP contribution in [-0.4, -0.2) is 48.5 Å². The standard InChI is InChI=1S/C18H17Cl2N3O4/c19-13-8-14(20)10-17(9-13)27-12-18(24)22-6-4-21(5-7-22)15-2-1-3-16(11-15)23(25)26/h1-3,8-11H,4-7,12H2. The van der Waals surface area contributed by atoms with Gasteiger partial charge in [0, 0.05) is 54.0 Å². The molecular weight excluding hydrogens is 393 g/mol. The van der Waals surface area contributed by atoms with Crippen molar-refractivity contribution >= 4 is 40.5 Å². The summed E-state index contributed by atoms with van der Waals surface area (Å²) >= 11 is 11.8.